The van der Waals surface area contributed by atoms with Crippen molar-refractivity contribution in [1.82, 2.24) is 14.7 Å². The van der Waals surface area contributed by atoms with E-state index in [1.54, 1.807) is 7.11 Å². The number of ether oxygens (including phenoxy) is 1. The molecule has 2 amide bonds. The molecule has 0 aliphatic carbocycles. The van der Waals surface area contributed by atoms with E-state index in [0.29, 0.717) is 18.8 Å². The number of likely N-dealkylation sites (tertiary alicyclic amines) is 1. The van der Waals surface area contributed by atoms with E-state index in [9.17, 15) is 4.79 Å². The molecule has 0 saturated carbocycles. The summed E-state index contributed by atoms with van der Waals surface area (Å²) in [6.07, 6.45) is 4.11. The van der Waals surface area contributed by atoms with Gasteiger partial charge in [0.1, 0.15) is 5.75 Å². The maximum Gasteiger partial charge on any atom is 0.325 e. The first-order valence-corrected chi connectivity index (χ1v) is 13.3. The average molecular weight is 501 g/mol. The van der Waals surface area contributed by atoms with Gasteiger partial charge in [0.15, 0.2) is 0 Å². The second-order valence-corrected chi connectivity index (χ2v) is 11.4. The van der Waals surface area contributed by atoms with Gasteiger partial charge >= 0.3 is 6.03 Å². The lowest BCUT2D eigenvalue weighted by molar-refractivity contribution is 0.0909. The second kappa shape index (κ2) is 9.56. The fraction of sp³-hybridized carbons (Fsp3) is 0.452. The summed E-state index contributed by atoms with van der Waals surface area (Å²) in [5, 5.41) is 0. The molecule has 0 radical (unpaired) electrons. The molecule has 3 aliphatic rings. The lowest BCUT2D eigenvalue weighted by atomic mass is 9.81. The number of fused-ring (bicyclic) bond motifs is 3. The number of amides is 2. The van der Waals surface area contributed by atoms with E-state index < -0.39 is 0 Å². The molecule has 1 unspecified atom stereocenters. The minimum Gasteiger partial charge on any atom is -0.496 e. The maximum absolute atomic E-state index is 14.0. The second-order valence-electron chi connectivity index (χ2n) is 11.4. The Labute approximate surface area is 221 Å². The molecule has 6 heteroatoms. The Bertz CT molecular complexity index is 1250. The number of hydrogen-bond donors (Lipinski definition) is 1. The SMILES string of the molecule is C=C(C)CN1C(=O)N2Cc3cc(N)cc(OC)c3C(C)C=C2C12CCN(Cc1cc(C)cc(C)c1)CC2. The van der Waals surface area contributed by atoms with E-state index in [1.165, 1.54) is 16.7 Å². The first kappa shape index (κ1) is 25.4. The van der Waals surface area contributed by atoms with Crippen LogP contribution in [0.15, 0.2) is 54.3 Å². The summed E-state index contributed by atoms with van der Waals surface area (Å²) in [6, 6.07) is 10.8. The summed E-state index contributed by atoms with van der Waals surface area (Å²) in [5.41, 5.74) is 14.8. The predicted molar refractivity (Wildman–Crippen MR) is 150 cm³/mol. The number of hydrogen-bond acceptors (Lipinski definition) is 4. The quantitative estimate of drug-likeness (QED) is 0.420. The van der Waals surface area contributed by atoms with Gasteiger partial charge in [-0.2, -0.15) is 0 Å². The van der Waals surface area contributed by atoms with Gasteiger partial charge in [-0.25, -0.2) is 4.79 Å². The van der Waals surface area contributed by atoms with Gasteiger partial charge in [0, 0.05) is 55.1 Å². The van der Waals surface area contributed by atoms with Crippen LogP contribution in [0.2, 0.25) is 0 Å². The van der Waals surface area contributed by atoms with E-state index >= 15 is 0 Å². The summed E-state index contributed by atoms with van der Waals surface area (Å²) in [6.45, 7) is 16.6. The predicted octanol–water partition coefficient (Wildman–Crippen LogP) is 5.74. The van der Waals surface area contributed by atoms with E-state index in [4.69, 9.17) is 10.5 Å². The normalized spacial score (nSPS) is 20.9. The van der Waals surface area contributed by atoms with Crippen molar-refractivity contribution in [1.29, 1.82) is 0 Å². The summed E-state index contributed by atoms with van der Waals surface area (Å²) >= 11 is 0. The monoisotopic (exact) mass is 500 g/mol. The van der Waals surface area contributed by atoms with E-state index in [-0.39, 0.29) is 17.5 Å². The maximum atomic E-state index is 14.0. The molecular weight excluding hydrogens is 460 g/mol. The molecule has 2 fully saturated rings. The van der Waals surface area contributed by atoms with Gasteiger partial charge in [-0.05, 0) is 50.8 Å². The fourth-order valence-electron chi connectivity index (χ4n) is 6.75. The highest BCUT2D eigenvalue weighted by atomic mass is 16.5. The topological polar surface area (TPSA) is 62.0 Å². The molecule has 3 heterocycles. The van der Waals surface area contributed by atoms with Crippen molar-refractivity contribution < 1.29 is 9.53 Å². The largest absolute Gasteiger partial charge is 0.496 e. The summed E-state index contributed by atoms with van der Waals surface area (Å²) in [4.78, 5) is 20.6. The number of carbonyl (C=O) groups excluding carboxylic acids is 1. The standard InChI is InChI=1S/C31H40N4O2/c1-20(2)17-35-30(36)34-19-25-15-26(32)16-27(37-6)29(25)23(5)14-28(34)31(35)7-9-33(10-8-31)18-24-12-21(3)11-22(4)13-24/h11-16,23H,1,7-10,17-19,32H2,2-6H3. The first-order valence-electron chi connectivity index (χ1n) is 13.3. The molecule has 1 spiro atoms. The van der Waals surface area contributed by atoms with Crippen molar-refractivity contribution in [2.75, 3.05) is 32.5 Å². The number of allylic oxidation sites excluding steroid dienone is 1. The summed E-state index contributed by atoms with van der Waals surface area (Å²) < 4.78 is 5.73. The van der Waals surface area contributed by atoms with Crippen LogP contribution < -0.4 is 10.5 Å². The number of methoxy groups -OCH3 is 1. The lowest BCUT2D eigenvalue weighted by Gasteiger charge is -2.45. The zero-order chi connectivity index (χ0) is 26.5. The Hall–Kier alpha value is -3.25. The number of aryl methyl sites for hydroxylation is 2. The van der Waals surface area contributed by atoms with Crippen LogP contribution in [0, 0.1) is 13.8 Å². The van der Waals surface area contributed by atoms with Gasteiger partial charge < -0.3 is 15.4 Å². The molecule has 0 bridgehead atoms. The Morgan fingerprint density at radius 2 is 1.81 bits per heavy atom. The van der Waals surface area contributed by atoms with Gasteiger partial charge in [0.05, 0.1) is 19.2 Å². The van der Waals surface area contributed by atoms with Crippen LogP contribution in [0.5, 0.6) is 5.75 Å². The van der Waals surface area contributed by atoms with Crippen molar-refractivity contribution in [3.63, 3.8) is 0 Å². The van der Waals surface area contributed by atoms with Crippen LogP contribution in [-0.4, -0.2) is 53.0 Å². The average Bonchev–Trinajstić information content (AvgIpc) is 2.93. The third-order valence-electron chi connectivity index (χ3n) is 8.21. The molecule has 1 atom stereocenters. The first-order chi connectivity index (χ1) is 17.6. The third kappa shape index (κ3) is 4.52. The lowest BCUT2D eigenvalue weighted by Crippen LogP contribution is -2.54. The number of nitrogen functional groups attached to an aromatic ring is 1. The molecule has 196 valence electrons. The molecule has 2 saturated heterocycles. The van der Waals surface area contributed by atoms with Crippen LogP contribution >= 0.6 is 0 Å². The van der Waals surface area contributed by atoms with Gasteiger partial charge in [-0.3, -0.25) is 9.80 Å². The van der Waals surface area contributed by atoms with E-state index in [0.717, 1.165) is 60.6 Å². The molecule has 3 aliphatic heterocycles. The minimum absolute atomic E-state index is 0.0680. The number of urea groups is 1. The molecular formula is C31H40N4O2. The number of nitrogens with zero attached hydrogens (tertiary/aromatic N) is 3. The van der Waals surface area contributed by atoms with Gasteiger partial charge in [-0.1, -0.05) is 54.5 Å². The number of rotatable bonds is 5. The smallest absolute Gasteiger partial charge is 0.325 e. The molecule has 2 aromatic rings. The van der Waals surface area contributed by atoms with Crippen LogP contribution in [0.4, 0.5) is 10.5 Å². The van der Waals surface area contributed by atoms with Crippen molar-refractivity contribution in [3.8, 4) is 5.75 Å². The fourth-order valence-corrected chi connectivity index (χ4v) is 6.75. The number of carbonyl (C=O) groups is 1. The Morgan fingerprint density at radius 1 is 1.14 bits per heavy atom. The van der Waals surface area contributed by atoms with Gasteiger partial charge in [-0.15, -0.1) is 0 Å². The molecule has 37 heavy (non-hydrogen) atoms. The van der Waals surface area contributed by atoms with Gasteiger partial charge in [0.2, 0.25) is 0 Å². The van der Waals surface area contributed by atoms with Crippen LogP contribution in [0.25, 0.3) is 0 Å². The Morgan fingerprint density at radius 3 is 2.43 bits per heavy atom. The molecule has 0 aromatic heterocycles. The minimum atomic E-state index is -0.329. The molecule has 5 rings (SSSR count). The van der Waals surface area contributed by atoms with Crippen LogP contribution in [0.3, 0.4) is 0 Å². The molecule has 6 nitrogen and oxygen atoms in total. The highest BCUT2D eigenvalue weighted by Crippen LogP contribution is 2.49. The van der Waals surface area contributed by atoms with Gasteiger partial charge in [0.25, 0.3) is 0 Å². The number of piperidine rings is 1. The van der Waals surface area contributed by atoms with Crippen molar-refractivity contribution in [3.05, 3.63) is 82.1 Å². The van der Waals surface area contributed by atoms with Crippen molar-refractivity contribution in [2.45, 2.75) is 65.1 Å². The highest BCUT2D eigenvalue weighted by Gasteiger charge is 2.55. The van der Waals surface area contributed by atoms with Crippen LogP contribution in [0.1, 0.15) is 60.4 Å². The molecule has 2 aromatic carbocycles. The molecule has 2 N–H and O–H groups in total. The zero-order valence-corrected chi connectivity index (χ0v) is 22.9. The van der Waals surface area contributed by atoms with Crippen molar-refractivity contribution in [2.24, 2.45) is 0 Å². The van der Waals surface area contributed by atoms with E-state index in [2.05, 4.69) is 61.4 Å². The number of benzene rings is 2. The van der Waals surface area contributed by atoms with Crippen LogP contribution in [-0.2, 0) is 13.1 Å². The summed E-state index contributed by atoms with van der Waals surface area (Å²) in [5.74, 6) is 0.900. The number of nitrogens with two attached hydrogens (primary N) is 1. The number of anilines is 1. The zero-order valence-electron chi connectivity index (χ0n) is 22.9. The highest BCUT2D eigenvalue weighted by molar-refractivity contribution is 5.83. The Balaban J connectivity index is 1.48. The summed E-state index contributed by atoms with van der Waals surface area (Å²) in [7, 11) is 1.69. The van der Waals surface area contributed by atoms with Crippen molar-refractivity contribution >= 4 is 11.7 Å². The Kier molecular flexibility index (Phi) is 6.57. The van der Waals surface area contributed by atoms with E-state index in [1.807, 2.05) is 24.0 Å². The third-order valence-corrected chi connectivity index (χ3v) is 8.21.